The Bertz CT molecular complexity index is 460. The summed E-state index contributed by atoms with van der Waals surface area (Å²) in [5.41, 5.74) is -0.336. The van der Waals surface area contributed by atoms with Gasteiger partial charge in [0.15, 0.2) is 5.82 Å². The monoisotopic (exact) mass is 219 g/mol. The molecule has 0 spiro atoms. The van der Waals surface area contributed by atoms with Crippen molar-refractivity contribution in [1.29, 1.82) is 0 Å². The molecule has 0 N–H and O–H groups in total. The first-order chi connectivity index (χ1) is 7.65. The molecule has 5 heteroatoms. The van der Waals surface area contributed by atoms with Crippen LogP contribution in [0.5, 0.6) is 0 Å². The predicted octanol–water partition coefficient (Wildman–Crippen LogP) is 1.01. The van der Waals surface area contributed by atoms with E-state index in [1.54, 1.807) is 6.92 Å². The highest BCUT2D eigenvalue weighted by atomic mass is 16.5. The van der Waals surface area contributed by atoms with Crippen LogP contribution in [0.3, 0.4) is 0 Å². The molecule has 0 atom stereocenters. The normalized spacial score (nSPS) is 31.3. The number of aromatic nitrogens is 2. The Kier molecular flexibility index (Phi) is 1.75. The average molecular weight is 219 g/mol. The van der Waals surface area contributed by atoms with Gasteiger partial charge in [0, 0.05) is 6.54 Å². The molecule has 0 radical (unpaired) electrons. The molecule has 5 nitrogen and oxygen atoms in total. The highest BCUT2D eigenvalue weighted by molar-refractivity contribution is 5.88. The lowest BCUT2D eigenvalue weighted by atomic mass is 9.73. The van der Waals surface area contributed by atoms with Crippen LogP contribution in [0.25, 0.3) is 0 Å². The van der Waals surface area contributed by atoms with Crippen molar-refractivity contribution in [2.24, 2.45) is 5.92 Å². The Morgan fingerprint density at radius 3 is 3.00 bits per heavy atom. The van der Waals surface area contributed by atoms with Gasteiger partial charge < -0.3 is 9.42 Å². The van der Waals surface area contributed by atoms with Gasteiger partial charge in [0.2, 0.25) is 5.91 Å². The molecule has 2 aliphatic heterocycles. The van der Waals surface area contributed by atoms with Gasteiger partial charge in [-0.3, -0.25) is 4.79 Å². The third-order valence-electron chi connectivity index (χ3n) is 3.58. The number of rotatable bonds is 2. The molecule has 2 bridgehead atoms. The van der Waals surface area contributed by atoms with E-state index in [2.05, 4.69) is 16.7 Å². The van der Waals surface area contributed by atoms with E-state index in [1.807, 2.05) is 4.90 Å². The van der Waals surface area contributed by atoms with Gasteiger partial charge in [0.05, 0.1) is 0 Å². The van der Waals surface area contributed by atoms with Crippen molar-refractivity contribution in [3.8, 4) is 0 Å². The molecule has 1 aromatic rings. The molecule has 0 aromatic carbocycles. The van der Waals surface area contributed by atoms with Crippen LogP contribution in [0, 0.1) is 12.8 Å². The summed E-state index contributed by atoms with van der Waals surface area (Å²) in [4.78, 5) is 17.8. The summed E-state index contributed by atoms with van der Waals surface area (Å²) in [6.07, 6.45) is 3.23. The van der Waals surface area contributed by atoms with Crippen molar-refractivity contribution in [1.82, 2.24) is 15.0 Å². The molecular weight excluding hydrogens is 206 g/mol. The van der Waals surface area contributed by atoms with Crippen molar-refractivity contribution >= 4 is 5.91 Å². The van der Waals surface area contributed by atoms with Crippen LogP contribution < -0.4 is 0 Å². The second-order valence-electron chi connectivity index (χ2n) is 4.61. The number of hydrogen-bond donors (Lipinski definition) is 0. The largest absolute Gasteiger partial charge is 0.337 e. The third-order valence-corrected chi connectivity index (χ3v) is 3.58. The maximum Gasteiger partial charge on any atom is 0.252 e. The van der Waals surface area contributed by atoms with E-state index in [9.17, 15) is 4.79 Å². The zero-order valence-electron chi connectivity index (χ0n) is 9.14. The molecule has 84 valence electrons. The van der Waals surface area contributed by atoms with E-state index in [0.29, 0.717) is 17.6 Å². The molecule has 4 rings (SSSR count). The molecule has 0 unspecified atom stereocenters. The fourth-order valence-corrected chi connectivity index (χ4v) is 2.87. The Morgan fingerprint density at radius 1 is 1.69 bits per heavy atom. The lowest BCUT2D eigenvalue weighted by Crippen LogP contribution is -2.45. The van der Waals surface area contributed by atoms with Gasteiger partial charge in [-0.2, -0.15) is 4.98 Å². The summed E-state index contributed by atoms with van der Waals surface area (Å²) in [5.74, 6) is 1.73. The van der Waals surface area contributed by atoms with Crippen LogP contribution in [0.2, 0.25) is 0 Å². The summed E-state index contributed by atoms with van der Waals surface area (Å²) < 4.78 is 5.22. The first-order valence-corrected chi connectivity index (χ1v) is 5.40. The molecule has 3 fully saturated rings. The van der Waals surface area contributed by atoms with E-state index in [4.69, 9.17) is 4.52 Å². The molecular formula is C11H13N3O2. The minimum atomic E-state index is -0.336. The zero-order valence-corrected chi connectivity index (χ0v) is 9.14. The van der Waals surface area contributed by atoms with Crippen LogP contribution in [-0.4, -0.2) is 27.5 Å². The van der Waals surface area contributed by atoms with Crippen molar-refractivity contribution in [3.63, 3.8) is 0 Å². The van der Waals surface area contributed by atoms with E-state index in [1.165, 1.54) is 6.08 Å². The van der Waals surface area contributed by atoms with Crippen molar-refractivity contribution in [2.45, 2.75) is 25.3 Å². The zero-order chi connectivity index (χ0) is 11.3. The van der Waals surface area contributed by atoms with Crippen LogP contribution in [0.15, 0.2) is 17.2 Å². The molecule has 1 aliphatic carbocycles. The van der Waals surface area contributed by atoms with Gasteiger partial charge in [-0.05, 0) is 31.8 Å². The standard InChI is InChI=1S/C11H13N3O2/c1-3-9(15)14-6-8-4-11(14,5-8)10-12-7(2)13-16-10/h3,8H,1,4-6H2,2H3. The molecule has 3 heterocycles. The average Bonchev–Trinajstić information content (AvgIpc) is 2.86. The van der Waals surface area contributed by atoms with Gasteiger partial charge in [0.25, 0.3) is 5.89 Å². The van der Waals surface area contributed by atoms with Crippen LogP contribution >= 0.6 is 0 Å². The number of carbonyl (C=O) groups is 1. The second-order valence-corrected chi connectivity index (χ2v) is 4.61. The molecule has 3 aliphatic rings. The number of amides is 1. The molecule has 1 aromatic heterocycles. The topological polar surface area (TPSA) is 59.2 Å². The van der Waals surface area contributed by atoms with Gasteiger partial charge in [0.1, 0.15) is 5.54 Å². The molecule has 1 saturated carbocycles. The van der Waals surface area contributed by atoms with E-state index in [-0.39, 0.29) is 11.4 Å². The molecule has 16 heavy (non-hydrogen) atoms. The van der Waals surface area contributed by atoms with Crippen LogP contribution in [0.4, 0.5) is 0 Å². The lowest BCUT2D eigenvalue weighted by Gasteiger charge is -2.38. The number of fused-ring (bicyclic) bond motifs is 1. The summed E-state index contributed by atoms with van der Waals surface area (Å²) in [6.45, 7) is 6.10. The predicted molar refractivity (Wildman–Crippen MR) is 55.3 cm³/mol. The Morgan fingerprint density at radius 2 is 2.44 bits per heavy atom. The highest BCUT2D eigenvalue weighted by Crippen LogP contribution is 2.56. The molecule has 2 saturated heterocycles. The summed E-state index contributed by atoms with van der Waals surface area (Å²) in [5, 5.41) is 3.80. The summed E-state index contributed by atoms with van der Waals surface area (Å²) >= 11 is 0. The first-order valence-electron chi connectivity index (χ1n) is 5.40. The van der Waals surface area contributed by atoms with Gasteiger partial charge in [-0.15, -0.1) is 0 Å². The van der Waals surface area contributed by atoms with Crippen LogP contribution in [0.1, 0.15) is 24.6 Å². The maximum atomic E-state index is 11.8. The third kappa shape index (κ3) is 1.03. The highest BCUT2D eigenvalue weighted by Gasteiger charge is 2.61. The number of hydrogen-bond acceptors (Lipinski definition) is 4. The molecule has 1 amide bonds. The quantitative estimate of drug-likeness (QED) is 0.696. The second kappa shape index (κ2) is 2.93. The minimum absolute atomic E-state index is 0.0455. The summed E-state index contributed by atoms with van der Waals surface area (Å²) in [6, 6.07) is 0. The van der Waals surface area contributed by atoms with E-state index < -0.39 is 0 Å². The SMILES string of the molecule is C=CC(=O)N1CC2CC1(c1nc(C)no1)C2. The Hall–Kier alpha value is -1.65. The minimum Gasteiger partial charge on any atom is -0.337 e. The first kappa shape index (κ1) is 9.57. The van der Waals surface area contributed by atoms with Gasteiger partial charge in [-0.1, -0.05) is 11.7 Å². The van der Waals surface area contributed by atoms with E-state index in [0.717, 1.165) is 19.4 Å². The maximum absolute atomic E-state index is 11.8. The fourth-order valence-electron chi connectivity index (χ4n) is 2.87. The van der Waals surface area contributed by atoms with Gasteiger partial charge in [-0.25, -0.2) is 0 Å². The van der Waals surface area contributed by atoms with Crippen molar-refractivity contribution in [3.05, 3.63) is 24.4 Å². The number of aryl methyl sites for hydroxylation is 1. The van der Waals surface area contributed by atoms with Gasteiger partial charge >= 0.3 is 0 Å². The van der Waals surface area contributed by atoms with Crippen molar-refractivity contribution in [2.75, 3.05) is 6.54 Å². The number of nitrogens with zero attached hydrogens (tertiary/aromatic N) is 3. The summed E-state index contributed by atoms with van der Waals surface area (Å²) in [7, 11) is 0. The Balaban J connectivity index is 1.99. The Labute approximate surface area is 93.1 Å². The smallest absolute Gasteiger partial charge is 0.252 e. The van der Waals surface area contributed by atoms with Crippen molar-refractivity contribution < 1.29 is 9.32 Å². The lowest BCUT2D eigenvalue weighted by molar-refractivity contribution is -0.131. The van der Waals surface area contributed by atoms with E-state index >= 15 is 0 Å². The van der Waals surface area contributed by atoms with Crippen LogP contribution in [-0.2, 0) is 10.3 Å². The fraction of sp³-hybridized carbons (Fsp3) is 0.545. The number of carbonyl (C=O) groups excluding carboxylic acids is 1.